The molecule has 18 heavy (non-hydrogen) atoms. The largest absolute Gasteiger partial charge is 0.385 e. The topological polar surface area (TPSA) is 20.2 Å². The number of halogens is 2. The van der Waals surface area contributed by atoms with Crippen molar-refractivity contribution in [3.8, 4) is 0 Å². The van der Waals surface area contributed by atoms with E-state index in [1.165, 1.54) is 0 Å². The highest BCUT2D eigenvalue weighted by molar-refractivity contribution is 6.42. The van der Waals surface area contributed by atoms with Crippen LogP contribution in [0.3, 0.4) is 0 Å². The second kappa shape index (κ2) is 4.70. The first kappa shape index (κ1) is 14.2. The van der Waals surface area contributed by atoms with Gasteiger partial charge in [0.05, 0.1) is 15.6 Å². The lowest BCUT2D eigenvalue weighted by atomic mass is 9.64. The Labute approximate surface area is 119 Å². The molecule has 2 atom stereocenters. The first-order valence-corrected chi connectivity index (χ1v) is 7.15. The van der Waals surface area contributed by atoms with E-state index in [0.717, 1.165) is 24.8 Å². The lowest BCUT2D eigenvalue weighted by Crippen LogP contribution is -2.39. The van der Waals surface area contributed by atoms with Crippen molar-refractivity contribution in [3.63, 3.8) is 0 Å². The fourth-order valence-electron chi connectivity index (χ4n) is 3.53. The zero-order valence-electron chi connectivity index (χ0n) is 11.1. The fourth-order valence-corrected chi connectivity index (χ4v) is 3.83. The molecule has 0 radical (unpaired) electrons. The molecule has 1 fully saturated rings. The van der Waals surface area contributed by atoms with Gasteiger partial charge in [0, 0.05) is 0 Å². The van der Waals surface area contributed by atoms with Crippen LogP contribution in [0.1, 0.15) is 45.6 Å². The summed E-state index contributed by atoms with van der Waals surface area (Å²) >= 11 is 12.0. The van der Waals surface area contributed by atoms with Gasteiger partial charge in [-0.15, -0.1) is 0 Å². The molecule has 0 heterocycles. The zero-order valence-corrected chi connectivity index (χ0v) is 12.6. The summed E-state index contributed by atoms with van der Waals surface area (Å²) in [6, 6.07) is 5.46. The normalized spacial score (nSPS) is 31.3. The van der Waals surface area contributed by atoms with Gasteiger partial charge < -0.3 is 5.11 Å². The van der Waals surface area contributed by atoms with E-state index in [2.05, 4.69) is 20.8 Å². The van der Waals surface area contributed by atoms with Crippen molar-refractivity contribution in [3.05, 3.63) is 33.8 Å². The van der Waals surface area contributed by atoms with Crippen LogP contribution in [0, 0.1) is 11.3 Å². The van der Waals surface area contributed by atoms with Crippen molar-refractivity contribution >= 4 is 23.2 Å². The molecule has 0 aromatic heterocycles. The number of benzene rings is 1. The Morgan fingerprint density at radius 1 is 1.17 bits per heavy atom. The van der Waals surface area contributed by atoms with Crippen molar-refractivity contribution in [1.29, 1.82) is 0 Å². The molecule has 1 aliphatic rings. The van der Waals surface area contributed by atoms with E-state index < -0.39 is 5.60 Å². The third-order valence-electron chi connectivity index (χ3n) is 3.82. The number of hydrogen-bond donors (Lipinski definition) is 1. The molecule has 1 saturated carbocycles. The molecule has 100 valence electrons. The third-order valence-corrected chi connectivity index (χ3v) is 4.55. The minimum Gasteiger partial charge on any atom is -0.385 e. The van der Waals surface area contributed by atoms with E-state index in [4.69, 9.17) is 23.2 Å². The van der Waals surface area contributed by atoms with Gasteiger partial charge in [0.25, 0.3) is 0 Å². The Kier molecular flexibility index (Phi) is 3.70. The molecule has 0 bridgehead atoms. The highest BCUT2D eigenvalue weighted by atomic mass is 35.5. The van der Waals surface area contributed by atoms with Gasteiger partial charge in [0.2, 0.25) is 0 Å². The second-order valence-corrected chi connectivity index (χ2v) is 7.33. The van der Waals surface area contributed by atoms with E-state index in [9.17, 15) is 5.11 Å². The van der Waals surface area contributed by atoms with Crippen LogP contribution in [0.5, 0.6) is 0 Å². The van der Waals surface area contributed by atoms with Crippen LogP contribution in [-0.2, 0) is 5.60 Å². The predicted molar refractivity (Wildman–Crippen MR) is 77.2 cm³/mol. The maximum absolute atomic E-state index is 11.0. The van der Waals surface area contributed by atoms with Crippen molar-refractivity contribution in [2.24, 2.45) is 11.3 Å². The Balaban J connectivity index is 2.37. The SMILES string of the molecule is CC1CC(C)(C)CC(O)(c2ccc(Cl)c(Cl)c2)C1. The molecule has 1 N–H and O–H groups in total. The summed E-state index contributed by atoms with van der Waals surface area (Å²) in [7, 11) is 0. The average Bonchev–Trinajstić information content (AvgIpc) is 2.18. The summed E-state index contributed by atoms with van der Waals surface area (Å²) in [5, 5.41) is 12.0. The van der Waals surface area contributed by atoms with E-state index in [1.54, 1.807) is 12.1 Å². The molecular formula is C15H20Cl2O. The Morgan fingerprint density at radius 3 is 2.39 bits per heavy atom. The van der Waals surface area contributed by atoms with Crippen molar-refractivity contribution in [2.75, 3.05) is 0 Å². The van der Waals surface area contributed by atoms with Gasteiger partial charge in [-0.1, -0.05) is 50.0 Å². The van der Waals surface area contributed by atoms with Gasteiger partial charge >= 0.3 is 0 Å². The summed E-state index contributed by atoms with van der Waals surface area (Å²) in [4.78, 5) is 0. The Morgan fingerprint density at radius 2 is 1.83 bits per heavy atom. The molecule has 2 rings (SSSR count). The standard InChI is InChI=1S/C15H20Cl2O/c1-10-7-14(2,3)9-15(18,8-10)11-4-5-12(16)13(17)6-11/h4-6,10,18H,7-9H2,1-3H3. The maximum atomic E-state index is 11.0. The number of hydrogen-bond acceptors (Lipinski definition) is 1. The van der Waals surface area contributed by atoms with E-state index >= 15 is 0 Å². The monoisotopic (exact) mass is 286 g/mol. The van der Waals surface area contributed by atoms with Gasteiger partial charge in [-0.05, 0) is 48.3 Å². The molecule has 0 amide bonds. The molecule has 0 spiro atoms. The van der Waals surface area contributed by atoms with Gasteiger partial charge in [0.15, 0.2) is 0 Å². The smallest absolute Gasteiger partial charge is 0.0904 e. The molecule has 1 aliphatic carbocycles. The lowest BCUT2D eigenvalue weighted by Gasteiger charge is -2.45. The van der Waals surface area contributed by atoms with Gasteiger partial charge in [0.1, 0.15) is 0 Å². The van der Waals surface area contributed by atoms with Crippen LogP contribution in [0.2, 0.25) is 10.0 Å². The van der Waals surface area contributed by atoms with E-state index in [1.807, 2.05) is 6.07 Å². The molecule has 1 aromatic rings. The van der Waals surface area contributed by atoms with Gasteiger partial charge in [-0.3, -0.25) is 0 Å². The van der Waals surface area contributed by atoms with E-state index in [0.29, 0.717) is 16.0 Å². The molecule has 2 unspecified atom stereocenters. The molecule has 1 aromatic carbocycles. The van der Waals surface area contributed by atoms with Crippen LogP contribution in [0.15, 0.2) is 18.2 Å². The molecule has 0 saturated heterocycles. The molecule has 1 nitrogen and oxygen atoms in total. The first-order valence-electron chi connectivity index (χ1n) is 6.40. The van der Waals surface area contributed by atoms with Crippen molar-refractivity contribution in [2.45, 2.75) is 45.6 Å². The van der Waals surface area contributed by atoms with Crippen LogP contribution in [0.25, 0.3) is 0 Å². The van der Waals surface area contributed by atoms with Crippen LogP contribution < -0.4 is 0 Å². The minimum atomic E-state index is -0.782. The fraction of sp³-hybridized carbons (Fsp3) is 0.600. The summed E-state index contributed by atoms with van der Waals surface area (Å²) < 4.78 is 0. The zero-order chi connectivity index (χ0) is 13.6. The quantitative estimate of drug-likeness (QED) is 0.768. The summed E-state index contributed by atoms with van der Waals surface area (Å²) in [6.45, 7) is 6.62. The number of rotatable bonds is 1. The van der Waals surface area contributed by atoms with E-state index in [-0.39, 0.29) is 5.41 Å². The summed E-state index contributed by atoms with van der Waals surface area (Å²) in [5.41, 5.74) is 0.255. The Hall–Kier alpha value is -0.240. The Bertz CT molecular complexity index is 456. The highest BCUT2D eigenvalue weighted by Gasteiger charge is 2.42. The summed E-state index contributed by atoms with van der Waals surface area (Å²) in [6.07, 6.45) is 2.70. The van der Waals surface area contributed by atoms with Crippen molar-refractivity contribution < 1.29 is 5.11 Å². The highest BCUT2D eigenvalue weighted by Crippen LogP contribution is 2.49. The van der Waals surface area contributed by atoms with Crippen LogP contribution in [0.4, 0.5) is 0 Å². The predicted octanol–water partition coefficient (Wildman–Crippen LogP) is 5.03. The third kappa shape index (κ3) is 2.84. The molecular weight excluding hydrogens is 267 g/mol. The minimum absolute atomic E-state index is 0.151. The summed E-state index contributed by atoms with van der Waals surface area (Å²) in [5.74, 6) is 0.508. The second-order valence-electron chi connectivity index (χ2n) is 6.51. The lowest BCUT2D eigenvalue weighted by molar-refractivity contribution is -0.0635. The maximum Gasteiger partial charge on any atom is 0.0904 e. The van der Waals surface area contributed by atoms with Gasteiger partial charge in [-0.2, -0.15) is 0 Å². The molecule has 0 aliphatic heterocycles. The van der Waals surface area contributed by atoms with Crippen LogP contribution in [-0.4, -0.2) is 5.11 Å². The van der Waals surface area contributed by atoms with Crippen molar-refractivity contribution in [1.82, 2.24) is 0 Å². The number of aliphatic hydroxyl groups is 1. The van der Waals surface area contributed by atoms with Gasteiger partial charge in [-0.25, -0.2) is 0 Å². The first-order chi connectivity index (χ1) is 8.22. The molecule has 3 heteroatoms. The van der Waals surface area contributed by atoms with Crippen LogP contribution >= 0.6 is 23.2 Å². The average molecular weight is 287 g/mol.